The zero-order valence-corrected chi connectivity index (χ0v) is 16.3. The first kappa shape index (κ1) is 16.5. The maximum atomic E-state index is 9.54. The normalized spacial score (nSPS) is 14.6. The predicted octanol–water partition coefficient (Wildman–Crippen LogP) is 4.76. The van der Waals surface area contributed by atoms with E-state index in [0.29, 0.717) is 0 Å². The molecule has 4 heterocycles. The molecule has 1 aliphatic rings. The number of hydrogen-bond donors (Lipinski definition) is 1. The standard InChI is InChI=1S/C22H21N3OS/c1-14-3-5-19-16(9-14)17-11-24(2)8-7-20(17)25(19)21-13-27-12-18(21)15-4-6-22(26)23-10-15/h3-6,9-10,12-13H,7-8,11H2,1-2H3,(H,23,26). The summed E-state index contributed by atoms with van der Waals surface area (Å²) in [4.78, 5) is 6.47. The maximum Gasteiger partial charge on any atom is 0.210 e. The van der Waals surface area contributed by atoms with E-state index in [4.69, 9.17) is 0 Å². The Labute approximate surface area is 162 Å². The molecule has 0 unspecified atom stereocenters. The number of aryl methyl sites for hydroxylation is 1. The molecule has 136 valence electrons. The van der Waals surface area contributed by atoms with Gasteiger partial charge in [0.2, 0.25) is 5.88 Å². The van der Waals surface area contributed by atoms with E-state index < -0.39 is 0 Å². The molecule has 5 rings (SSSR count). The number of thiophene rings is 1. The fourth-order valence-corrected chi connectivity index (χ4v) is 4.93. The number of likely N-dealkylation sites (N-methyl/N-ethyl adjacent to an activating group) is 1. The van der Waals surface area contributed by atoms with Crippen molar-refractivity contribution in [2.75, 3.05) is 13.6 Å². The van der Waals surface area contributed by atoms with E-state index in [1.807, 2.05) is 6.07 Å². The number of rotatable bonds is 2. The number of benzene rings is 1. The molecule has 0 saturated heterocycles. The summed E-state index contributed by atoms with van der Waals surface area (Å²) in [6, 6.07) is 10.3. The second kappa shape index (κ2) is 6.22. The fraction of sp³-hybridized carbons (Fsp3) is 0.227. The molecular formula is C22H21N3OS. The van der Waals surface area contributed by atoms with Gasteiger partial charge in [0.15, 0.2) is 0 Å². The zero-order valence-electron chi connectivity index (χ0n) is 15.4. The van der Waals surface area contributed by atoms with Crippen molar-refractivity contribution in [1.82, 2.24) is 14.5 Å². The van der Waals surface area contributed by atoms with Crippen LogP contribution in [0.1, 0.15) is 16.8 Å². The summed E-state index contributed by atoms with van der Waals surface area (Å²) >= 11 is 1.70. The van der Waals surface area contributed by atoms with Gasteiger partial charge in [0.25, 0.3) is 0 Å². The Balaban J connectivity index is 1.78. The molecule has 3 aromatic heterocycles. The molecule has 0 spiro atoms. The van der Waals surface area contributed by atoms with Crippen molar-refractivity contribution in [3.05, 3.63) is 64.1 Å². The molecule has 5 heteroatoms. The highest BCUT2D eigenvalue weighted by Crippen LogP contribution is 2.38. The Morgan fingerprint density at radius 3 is 2.85 bits per heavy atom. The smallest absolute Gasteiger partial charge is 0.210 e. The summed E-state index contributed by atoms with van der Waals surface area (Å²) in [5.74, 6) is 0.0536. The van der Waals surface area contributed by atoms with Crippen LogP contribution in [0.5, 0.6) is 5.88 Å². The molecule has 1 aliphatic heterocycles. The van der Waals surface area contributed by atoms with E-state index >= 15 is 0 Å². The lowest BCUT2D eigenvalue weighted by molar-refractivity contribution is 0.311. The molecule has 27 heavy (non-hydrogen) atoms. The summed E-state index contributed by atoms with van der Waals surface area (Å²) in [5, 5.41) is 15.3. The molecular weight excluding hydrogens is 354 g/mol. The van der Waals surface area contributed by atoms with Gasteiger partial charge in [0, 0.05) is 64.7 Å². The average Bonchev–Trinajstić information content (AvgIpc) is 3.24. The van der Waals surface area contributed by atoms with Gasteiger partial charge in [-0.2, -0.15) is 0 Å². The van der Waals surface area contributed by atoms with Gasteiger partial charge in [-0.1, -0.05) is 11.6 Å². The third kappa shape index (κ3) is 2.66. The van der Waals surface area contributed by atoms with E-state index in [-0.39, 0.29) is 5.88 Å². The highest BCUT2D eigenvalue weighted by atomic mass is 32.1. The summed E-state index contributed by atoms with van der Waals surface area (Å²) in [6.07, 6.45) is 2.79. The molecule has 0 atom stereocenters. The minimum Gasteiger partial charge on any atom is -0.493 e. The molecule has 4 nitrogen and oxygen atoms in total. The van der Waals surface area contributed by atoms with Crippen LogP contribution in [-0.2, 0) is 13.0 Å². The van der Waals surface area contributed by atoms with Crippen molar-refractivity contribution in [2.45, 2.75) is 19.9 Å². The van der Waals surface area contributed by atoms with E-state index in [2.05, 4.69) is 57.4 Å². The summed E-state index contributed by atoms with van der Waals surface area (Å²) in [7, 11) is 2.19. The first-order valence-corrected chi connectivity index (χ1v) is 10.1. The molecule has 0 saturated carbocycles. The van der Waals surface area contributed by atoms with Crippen LogP contribution in [0.3, 0.4) is 0 Å². The van der Waals surface area contributed by atoms with E-state index in [9.17, 15) is 5.11 Å². The molecule has 0 radical (unpaired) electrons. The van der Waals surface area contributed by atoms with Crippen LogP contribution in [0, 0.1) is 6.92 Å². The Bertz CT molecular complexity index is 1140. The Hall–Kier alpha value is -2.63. The van der Waals surface area contributed by atoms with Gasteiger partial charge < -0.3 is 14.6 Å². The number of pyridine rings is 1. The monoisotopic (exact) mass is 375 g/mol. The number of aromatic hydroxyl groups is 1. The lowest BCUT2D eigenvalue weighted by Gasteiger charge is -2.24. The van der Waals surface area contributed by atoms with Crippen LogP contribution >= 0.6 is 11.3 Å². The number of hydrogen-bond acceptors (Lipinski definition) is 4. The minimum atomic E-state index is 0.0536. The van der Waals surface area contributed by atoms with Crippen LogP contribution in [0.25, 0.3) is 27.7 Å². The summed E-state index contributed by atoms with van der Waals surface area (Å²) in [5.41, 5.74) is 8.82. The quantitative estimate of drug-likeness (QED) is 0.549. The van der Waals surface area contributed by atoms with E-state index in [1.54, 1.807) is 23.6 Å². The molecule has 1 aromatic carbocycles. The highest BCUT2D eigenvalue weighted by Gasteiger charge is 2.24. The van der Waals surface area contributed by atoms with Crippen LogP contribution in [0.2, 0.25) is 0 Å². The number of nitrogens with zero attached hydrogens (tertiary/aromatic N) is 3. The van der Waals surface area contributed by atoms with Crippen molar-refractivity contribution in [3.63, 3.8) is 0 Å². The highest BCUT2D eigenvalue weighted by molar-refractivity contribution is 7.08. The van der Waals surface area contributed by atoms with Crippen LogP contribution < -0.4 is 0 Å². The van der Waals surface area contributed by atoms with Crippen molar-refractivity contribution in [2.24, 2.45) is 0 Å². The van der Waals surface area contributed by atoms with Crippen molar-refractivity contribution >= 4 is 22.2 Å². The van der Waals surface area contributed by atoms with Crippen molar-refractivity contribution < 1.29 is 5.11 Å². The predicted molar refractivity (Wildman–Crippen MR) is 111 cm³/mol. The summed E-state index contributed by atoms with van der Waals surface area (Å²) in [6.45, 7) is 4.22. The van der Waals surface area contributed by atoms with Crippen LogP contribution in [0.4, 0.5) is 0 Å². The number of aromatic nitrogens is 2. The molecule has 0 bridgehead atoms. The van der Waals surface area contributed by atoms with Crippen LogP contribution in [-0.4, -0.2) is 33.1 Å². The van der Waals surface area contributed by atoms with Gasteiger partial charge in [0.1, 0.15) is 0 Å². The van der Waals surface area contributed by atoms with Gasteiger partial charge in [-0.05, 0) is 37.7 Å². The third-order valence-corrected chi connectivity index (χ3v) is 6.17. The van der Waals surface area contributed by atoms with E-state index in [1.165, 1.54) is 33.4 Å². The molecule has 1 N–H and O–H groups in total. The maximum absolute atomic E-state index is 9.54. The molecule has 0 amide bonds. The minimum absolute atomic E-state index is 0.0536. The summed E-state index contributed by atoms with van der Waals surface area (Å²) < 4.78 is 2.44. The SMILES string of the molecule is Cc1ccc2c(c1)c1c(n2-c2cscc2-c2ccc(O)nc2)CCN(C)C1. The first-order chi connectivity index (χ1) is 13.1. The molecule has 4 aromatic rings. The Morgan fingerprint density at radius 1 is 1.15 bits per heavy atom. The molecule has 0 fully saturated rings. The Kier molecular flexibility index (Phi) is 3.81. The third-order valence-electron chi connectivity index (χ3n) is 5.44. The van der Waals surface area contributed by atoms with Gasteiger partial charge in [-0.3, -0.25) is 0 Å². The topological polar surface area (TPSA) is 41.3 Å². The van der Waals surface area contributed by atoms with E-state index in [0.717, 1.165) is 30.6 Å². The second-order valence-electron chi connectivity index (χ2n) is 7.34. The first-order valence-electron chi connectivity index (χ1n) is 9.15. The van der Waals surface area contributed by atoms with Gasteiger partial charge in [-0.15, -0.1) is 11.3 Å². The lowest BCUT2D eigenvalue weighted by atomic mass is 10.0. The van der Waals surface area contributed by atoms with Gasteiger partial charge in [-0.25, -0.2) is 4.98 Å². The van der Waals surface area contributed by atoms with Crippen molar-refractivity contribution in [3.8, 4) is 22.7 Å². The Morgan fingerprint density at radius 2 is 2.04 bits per heavy atom. The fourth-order valence-electron chi connectivity index (χ4n) is 4.11. The largest absolute Gasteiger partial charge is 0.493 e. The average molecular weight is 375 g/mol. The lowest BCUT2D eigenvalue weighted by Crippen LogP contribution is -2.27. The van der Waals surface area contributed by atoms with Crippen molar-refractivity contribution in [1.29, 1.82) is 0 Å². The van der Waals surface area contributed by atoms with Gasteiger partial charge >= 0.3 is 0 Å². The molecule has 0 aliphatic carbocycles. The van der Waals surface area contributed by atoms with Gasteiger partial charge in [0.05, 0.1) is 11.2 Å². The van der Waals surface area contributed by atoms with Crippen LogP contribution in [0.15, 0.2) is 47.3 Å². The number of fused-ring (bicyclic) bond motifs is 3. The zero-order chi connectivity index (χ0) is 18.5. The second-order valence-corrected chi connectivity index (χ2v) is 8.09.